The molecule has 0 spiro atoms. The van der Waals surface area contributed by atoms with Gasteiger partial charge >= 0.3 is 0 Å². The lowest BCUT2D eigenvalue weighted by Crippen LogP contribution is -2.13. The van der Waals surface area contributed by atoms with Crippen LogP contribution in [0.5, 0.6) is 5.88 Å². The van der Waals surface area contributed by atoms with Gasteiger partial charge in [0.2, 0.25) is 5.88 Å². The minimum atomic E-state index is 0.475. The second-order valence-electron chi connectivity index (χ2n) is 3.61. The van der Waals surface area contributed by atoms with Gasteiger partial charge in [-0.15, -0.1) is 10.2 Å². The number of rotatable bonds is 5. The monoisotopic (exact) mass is 245 g/mol. The van der Waals surface area contributed by atoms with Crippen molar-refractivity contribution in [3.8, 4) is 17.4 Å². The average molecular weight is 245 g/mol. The third-order valence-corrected chi connectivity index (χ3v) is 2.35. The number of methoxy groups -OCH3 is 1. The van der Waals surface area contributed by atoms with Crippen LogP contribution in [0.15, 0.2) is 24.4 Å². The Morgan fingerprint density at radius 1 is 1.22 bits per heavy atom. The molecule has 0 fully saturated rings. The van der Waals surface area contributed by atoms with Gasteiger partial charge in [-0.1, -0.05) is 6.92 Å². The Labute approximate surface area is 105 Å². The average Bonchev–Trinajstić information content (AvgIpc) is 2.45. The van der Waals surface area contributed by atoms with E-state index in [0.717, 1.165) is 18.8 Å². The first-order valence-electron chi connectivity index (χ1n) is 5.74. The predicted octanol–water partition coefficient (Wildman–Crippen LogP) is 1.05. The Bertz CT molecular complexity index is 500. The fourth-order valence-electron chi connectivity index (χ4n) is 1.42. The molecule has 0 radical (unpaired) electrons. The van der Waals surface area contributed by atoms with E-state index in [4.69, 9.17) is 4.74 Å². The molecule has 2 aromatic heterocycles. The molecule has 2 rings (SSSR count). The smallest absolute Gasteiger partial charge is 0.233 e. The molecule has 6 nitrogen and oxygen atoms in total. The van der Waals surface area contributed by atoms with Crippen molar-refractivity contribution in [1.29, 1.82) is 0 Å². The molecule has 1 N–H and O–H groups in total. The minimum Gasteiger partial charge on any atom is -0.480 e. The second kappa shape index (κ2) is 6.02. The van der Waals surface area contributed by atoms with Crippen molar-refractivity contribution >= 4 is 0 Å². The molecular formula is C12H15N5O. The molecule has 0 amide bonds. The molecule has 94 valence electrons. The van der Waals surface area contributed by atoms with Crippen LogP contribution in [-0.4, -0.2) is 33.8 Å². The van der Waals surface area contributed by atoms with Crippen LogP contribution < -0.4 is 10.1 Å². The minimum absolute atomic E-state index is 0.475. The van der Waals surface area contributed by atoms with Gasteiger partial charge < -0.3 is 10.1 Å². The SMILES string of the molecule is CCNCc1ccnc(-c2ccc(OC)nn2)n1. The molecule has 0 unspecified atom stereocenters. The lowest BCUT2D eigenvalue weighted by molar-refractivity contribution is 0.392. The van der Waals surface area contributed by atoms with Gasteiger partial charge in [-0.05, 0) is 18.7 Å². The molecule has 0 atom stereocenters. The number of aromatic nitrogens is 4. The Balaban J connectivity index is 2.20. The summed E-state index contributed by atoms with van der Waals surface area (Å²) < 4.78 is 4.96. The number of hydrogen-bond donors (Lipinski definition) is 1. The normalized spacial score (nSPS) is 10.3. The molecule has 2 heterocycles. The summed E-state index contributed by atoms with van der Waals surface area (Å²) in [4.78, 5) is 8.61. The van der Waals surface area contributed by atoms with Crippen molar-refractivity contribution in [2.24, 2.45) is 0 Å². The molecule has 0 aliphatic carbocycles. The Kier molecular flexibility index (Phi) is 4.14. The van der Waals surface area contributed by atoms with Crippen LogP contribution in [0.4, 0.5) is 0 Å². The number of nitrogens with zero attached hydrogens (tertiary/aromatic N) is 4. The summed E-state index contributed by atoms with van der Waals surface area (Å²) >= 11 is 0. The van der Waals surface area contributed by atoms with E-state index in [1.54, 1.807) is 25.4 Å². The third kappa shape index (κ3) is 2.98. The summed E-state index contributed by atoms with van der Waals surface area (Å²) in [7, 11) is 1.55. The van der Waals surface area contributed by atoms with E-state index in [-0.39, 0.29) is 0 Å². The molecule has 0 aliphatic heterocycles. The fourth-order valence-corrected chi connectivity index (χ4v) is 1.42. The zero-order valence-corrected chi connectivity index (χ0v) is 10.4. The lowest BCUT2D eigenvalue weighted by atomic mass is 10.3. The zero-order chi connectivity index (χ0) is 12.8. The Hall–Kier alpha value is -2.08. The first-order chi connectivity index (χ1) is 8.83. The van der Waals surface area contributed by atoms with Crippen LogP contribution in [0, 0.1) is 0 Å². The number of hydrogen-bond acceptors (Lipinski definition) is 6. The van der Waals surface area contributed by atoms with E-state index in [2.05, 4.69) is 32.4 Å². The number of nitrogens with one attached hydrogen (secondary N) is 1. The topological polar surface area (TPSA) is 72.8 Å². The van der Waals surface area contributed by atoms with Crippen molar-refractivity contribution in [1.82, 2.24) is 25.5 Å². The third-order valence-electron chi connectivity index (χ3n) is 2.35. The van der Waals surface area contributed by atoms with E-state index in [1.165, 1.54) is 0 Å². The first-order valence-corrected chi connectivity index (χ1v) is 5.74. The summed E-state index contributed by atoms with van der Waals surface area (Å²) in [6, 6.07) is 5.41. The Morgan fingerprint density at radius 2 is 2.11 bits per heavy atom. The molecule has 6 heteroatoms. The van der Waals surface area contributed by atoms with Crippen molar-refractivity contribution in [3.05, 3.63) is 30.1 Å². The summed E-state index contributed by atoms with van der Waals surface area (Å²) in [6.07, 6.45) is 1.72. The molecule has 0 aliphatic rings. The van der Waals surface area contributed by atoms with E-state index < -0.39 is 0 Å². The summed E-state index contributed by atoms with van der Waals surface area (Å²) in [5, 5.41) is 11.1. The van der Waals surface area contributed by atoms with Gasteiger partial charge in [-0.25, -0.2) is 9.97 Å². The van der Waals surface area contributed by atoms with Crippen molar-refractivity contribution in [2.75, 3.05) is 13.7 Å². The highest BCUT2D eigenvalue weighted by atomic mass is 16.5. The molecule has 18 heavy (non-hydrogen) atoms. The van der Waals surface area contributed by atoms with Gasteiger partial charge in [-0.2, -0.15) is 0 Å². The van der Waals surface area contributed by atoms with Gasteiger partial charge in [-0.3, -0.25) is 0 Å². The predicted molar refractivity (Wildman–Crippen MR) is 67.0 cm³/mol. The van der Waals surface area contributed by atoms with Crippen LogP contribution in [0.2, 0.25) is 0 Å². The van der Waals surface area contributed by atoms with Gasteiger partial charge in [0, 0.05) is 18.8 Å². The van der Waals surface area contributed by atoms with Crippen LogP contribution in [-0.2, 0) is 6.54 Å². The van der Waals surface area contributed by atoms with E-state index >= 15 is 0 Å². The van der Waals surface area contributed by atoms with E-state index in [0.29, 0.717) is 17.4 Å². The van der Waals surface area contributed by atoms with Crippen molar-refractivity contribution < 1.29 is 4.74 Å². The maximum absolute atomic E-state index is 4.96. The van der Waals surface area contributed by atoms with Crippen molar-refractivity contribution in [3.63, 3.8) is 0 Å². The standard InChI is InChI=1S/C12H15N5O/c1-3-13-8-9-6-7-14-12(15-9)10-4-5-11(18-2)17-16-10/h4-7,13H,3,8H2,1-2H3. The number of ether oxygens (including phenoxy) is 1. The van der Waals surface area contributed by atoms with Crippen LogP contribution in [0.25, 0.3) is 11.5 Å². The highest BCUT2D eigenvalue weighted by Crippen LogP contribution is 2.13. The maximum atomic E-state index is 4.96. The largest absolute Gasteiger partial charge is 0.480 e. The molecule has 0 bridgehead atoms. The lowest BCUT2D eigenvalue weighted by Gasteiger charge is -2.03. The Morgan fingerprint density at radius 3 is 2.78 bits per heavy atom. The molecule has 0 aromatic carbocycles. The maximum Gasteiger partial charge on any atom is 0.233 e. The molecular weight excluding hydrogens is 230 g/mol. The summed E-state index contributed by atoms with van der Waals surface area (Å²) in [5.74, 6) is 1.04. The molecule has 0 saturated heterocycles. The summed E-state index contributed by atoms with van der Waals surface area (Å²) in [6.45, 7) is 3.67. The van der Waals surface area contributed by atoms with Gasteiger partial charge in [0.25, 0.3) is 0 Å². The molecule has 0 saturated carbocycles. The fraction of sp³-hybridized carbons (Fsp3) is 0.333. The highest BCUT2D eigenvalue weighted by Gasteiger charge is 2.05. The van der Waals surface area contributed by atoms with Crippen LogP contribution in [0.3, 0.4) is 0 Å². The van der Waals surface area contributed by atoms with Crippen LogP contribution in [0.1, 0.15) is 12.6 Å². The molecule has 2 aromatic rings. The quantitative estimate of drug-likeness (QED) is 0.849. The van der Waals surface area contributed by atoms with Gasteiger partial charge in [0.1, 0.15) is 5.69 Å². The second-order valence-corrected chi connectivity index (χ2v) is 3.61. The van der Waals surface area contributed by atoms with E-state index in [1.807, 2.05) is 6.07 Å². The summed E-state index contributed by atoms with van der Waals surface area (Å²) in [5.41, 5.74) is 1.56. The zero-order valence-electron chi connectivity index (χ0n) is 10.4. The highest BCUT2D eigenvalue weighted by molar-refractivity contribution is 5.48. The van der Waals surface area contributed by atoms with Gasteiger partial charge in [0.15, 0.2) is 5.82 Å². The van der Waals surface area contributed by atoms with Gasteiger partial charge in [0.05, 0.1) is 12.8 Å². The van der Waals surface area contributed by atoms with E-state index in [9.17, 15) is 0 Å². The first kappa shape index (κ1) is 12.4. The van der Waals surface area contributed by atoms with Crippen molar-refractivity contribution in [2.45, 2.75) is 13.5 Å². The van der Waals surface area contributed by atoms with Crippen LogP contribution >= 0.6 is 0 Å².